The van der Waals surface area contributed by atoms with Crippen LogP contribution in [0.15, 0.2) is 83.4 Å². The van der Waals surface area contributed by atoms with Gasteiger partial charge in [-0.25, -0.2) is 0 Å². The van der Waals surface area contributed by atoms with Gasteiger partial charge in [-0.2, -0.15) is 0 Å². The maximum absolute atomic E-state index is 12.8. The van der Waals surface area contributed by atoms with Crippen molar-refractivity contribution in [3.63, 3.8) is 0 Å². The number of hydrogen-bond donors (Lipinski definition) is 2. The first-order chi connectivity index (χ1) is 19.3. The van der Waals surface area contributed by atoms with Gasteiger partial charge < -0.3 is 24.7 Å². The lowest BCUT2D eigenvalue weighted by molar-refractivity contribution is -0.384. The van der Waals surface area contributed by atoms with Gasteiger partial charge in [0.15, 0.2) is 5.11 Å². The van der Waals surface area contributed by atoms with Gasteiger partial charge in [0.2, 0.25) is 5.91 Å². The summed E-state index contributed by atoms with van der Waals surface area (Å²) in [5, 5.41) is 18.0. The maximum Gasteiger partial charge on any atom is 0.273 e. The van der Waals surface area contributed by atoms with Crippen LogP contribution in [0.2, 0.25) is 0 Å². The summed E-state index contributed by atoms with van der Waals surface area (Å²) < 4.78 is 11.7. The van der Waals surface area contributed by atoms with Crippen LogP contribution >= 0.6 is 12.2 Å². The quantitative estimate of drug-likeness (QED) is 0.154. The number of nitrogens with zero attached hydrogens (tertiary/aromatic N) is 3. The van der Waals surface area contributed by atoms with Crippen LogP contribution in [0.25, 0.3) is 11.3 Å². The van der Waals surface area contributed by atoms with E-state index in [1.54, 1.807) is 18.3 Å². The van der Waals surface area contributed by atoms with Crippen molar-refractivity contribution in [2.75, 3.05) is 19.0 Å². The molecular formula is C29H27N5O5S. The third-order valence-electron chi connectivity index (χ3n) is 6.66. The molecule has 1 aliphatic rings. The molecule has 2 N–H and O–H groups in total. The summed E-state index contributed by atoms with van der Waals surface area (Å²) in [4.78, 5) is 30.0. The molecule has 1 fully saturated rings. The number of nitro groups is 1. The average Bonchev–Trinajstić information content (AvgIpc) is 3.56. The molecule has 11 heteroatoms. The highest BCUT2D eigenvalue weighted by molar-refractivity contribution is 7.80. The van der Waals surface area contributed by atoms with Crippen LogP contribution in [0, 0.1) is 17.0 Å². The fourth-order valence-electron chi connectivity index (χ4n) is 4.78. The predicted octanol–water partition coefficient (Wildman–Crippen LogP) is 5.57. The first-order valence-electron chi connectivity index (χ1n) is 12.6. The molecule has 0 bridgehead atoms. The number of nitrogens with one attached hydrogen (secondary N) is 2. The number of anilines is 1. The Hall–Kier alpha value is -4.77. The molecule has 0 aliphatic carbocycles. The SMILES string of the molecule is COc1cc([N+](=O)[O-])ccc1-c1ccc([C@H]2[C@@H](c3ccccn3)NC(=S)N2CCC(=O)Nc2cccc(C)c2)o1. The molecule has 0 unspecified atom stereocenters. The van der Waals surface area contributed by atoms with Gasteiger partial charge in [-0.05, 0) is 67.2 Å². The van der Waals surface area contributed by atoms with Crippen molar-refractivity contribution in [3.8, 4) is 17.1 Å². The molecule has 4 aromatic rings. The Bertz CT molecular complexity index is 1560. The number of pyridine rings is 1. The highest BCUT2D eigenvalue weighted by atomic mass is 32.1. The normalized spacial score (nSPS) is 16.4. The summed E-state index contributed by atoms with van der Waals surface area (Å²) in [5.41, 5.74) is 3.06. The van der Waals surface area contributed by atoms with Gasteiger partial charge in [0, 0.05) is 30.9 Å². The fraction of sp³-hybridized carbons (Fsp3) is 0.207. The Morgan fingerprint density at radius 2 is 2.02 bits per heavy atom. The number of ether oxygens (including phenoxy) is 1. The number of nitro benzene ring substituents is 1. The number of hydrogen-bond acceptors (Lipinski definition) is 7. The molecule has 204 valence electrons. The molecule has 3 heterocycles. The third-order valence-corrected chi connectivity index (χ3v) is 7.01. The number of aromatic nitrogens is 1. The molecule has 2 aromatic heterocycles. The number of benzene rings is 2. The van der Waals surface area contributed by atoms with Crippen molar-refractivity contribution in [2.24, 2.45) is 0 Å². The summed E-state index contributed by atoms with van der Waals surface area (Å²) in [6.07, 6.45) is 1.91. The molecule has 0 spiro atoms. The first kappa shape index (κ1) is 26.8. The Balaban J connectivity index is 1.43. The van der Waals surface area contributed by atoms with E-state index in [9.17, 15) is 14.9 Å². The molecule has 2 aromatic carbocycles. The number of carbonyl (C=O) groups excluding carboxylic acids is 1. The van der Waals surface area contributed by atoms with Crippen LogP contribution < -0.4 is 15.4 Å². The van der Waals surface area contributed by atoms with Crippen molar-refractivity contribution in [1.29, 1.82) is 0 Å². The number of furan rings is 1. The lowest BCUT2D eigenvalue weighted by Crippen LogP contribution is -2.32. The predicted molar refractivity (Wildman–Crippen MR) is 154 cm³/mol. The minimum absolute atomic E-state index is 0.0805. The zero-order valence-electron chi connectivity index (χ0n) is 21.9. The summed E-state index contributed by atoms with van der Waals surface area (Å²) >= 11 is 5.70. The third kappa shape index (κ3) is 5.64. The lowest BCUT2D eigenvalue weighted by atomic mass is 10.0. The van der Waals surface area contributed by atoms with E-state index in [0.29, 0.717) is 34.5 Å². The number of methoxy groups -OCH3 is 1. The number of rotatable bonds is 9. The van der Waals surface area contributed by atoms with Gasteiger partial charge >= 0.3 is 0 Å². The van der Waals surface area contributed by atoms with Gasteiger partial charge in [-0.1, -0.05) is 18.2 Å². The van der Waals surface area contributed by atoms with Crippen molar-refractivity contribution in [2.45, 2.75) is 25.4 Å². The average molecular weight is 558 g/mol. The molecule has 1 amide bonds. The number of carbonyl (C=O) groups is 1. The number of thiocarbonyl (C=S) groups is 1. The van der Waals surface area contributed by atoms with E-state index in [1.165, 1.54) is 19.2 Å². The van der Waals surface area contributed by atoms with Crippen molar-refractivity contribution in [1.82, 2.24) is 15.2 Å². The highest BCUT2D eigenvalue weighted by Crippen LogP contribution is 2.42. The minimum Gasteiger partial charge on any atom is -0.496 e. The topological polar surface area (TPSA) is 123 Å². The van der Waals surface area contributed by atoms with Crippen LogP contribution in [0.5, 0.6) is 5.75 Å². The smallest absolute Gasteiger partial charge is 0.273 e. The Morgan fingerprint density at radius 3 is 2.75 bits per heavy atom. The molecule has 1 aliphatic heterocycles. The van der Waals surface area contributed by atoms with E-state index >= 15 is 0 Å². The summed E-state index contributed by atoms with van der Waals surface area (Å²) in [5.74, 6) is 1.26. The Kier molecular flexibility index (Phi) is 7.74. The maximum atomic E-state index is 12.8. The second-order valence-electron chi connectivity index (χ2n) is 9.33. The second-order valence-corrected chi connectivity index (χ2v) is 9.72. The molecule has 5 rings (SSSR count). The summed E-state index contributed by atoms with van der Waals surface area (Å²) in [7, 11) is 1.45. The van der Waals surface area contributed by atoms with E-state index in [1.807, 2.05) is 60.4 Å². The molecular weight excluding hydrogens is 530 g/mol. The Morgan fingerprint density at radius 1 is 1.18 bits per heavy atom. The van der Waals surface area contributed by atoms with Crippen molar-refractivity contribution < 1.29 is 18.9 Å². The van der Waals surface area contributed by atoms with Crippen LogP contribution in [0.4, 0.5) is 11.4 Å². The number of aryl methyl sites for hydroxylation is 1. The number of amides is 1. The van der Waals surface area contributed by atoms with Gasteiger partial charge in [-0.15, -0.1) is 0 Å². The number of non-ortho nitro benzene ring substituents is 1. The van der Waals surface area contributed by atoms with Crippen LogP contribution in [0.1, 0.15) is 35.5 Å². The van der Waals surface area contributed by atoms with E-state index in [4.69, 9.17) is 21.4 Å². The zero-order valence-corrected chi connectivity index (χ0v) is 22.7. The Labute approximate surface area is 236 Å². The molecule has 2 atom stereocenters. The van der Waals surface area contributed by atoms with E-state index in [-0.39, 0.29) is 24.1 Å². The standard InChI is InChI=1S/C29H27N5O5S/c1-18-6-5-7-19(16-18)31-26(35)13-15-33-28(27(32-29(33)40)22-8-3-4-14-30-22)24-12-11-23(39-24)21-10-9-20(34(36)37)17-25(21)38-2/h3-12,14,16-17,27-28H,13,15H2,1-2H3,(H,31,35)(H,32,40)/t27-,28+/m1/s1. The zero-order chi connectivity index (χ0) is 28.2. The van der Waals surface area contributed by atoms with Crippen LogP contribution in [0.3, 0.4) is 0 Å². The van der Waals surface area contributed by atoms with Gasteiger partial charge in [0.25, 0.3) is 5.69 Å². The second kappa shape index (κ2) is 11.5. The highest BCUT2D eigenvalue weighted by Gasteiger charge is 2.41. The fourth-order valence-corrected chi connectivity index (χ4v) is 5.11. The lowest BCUT2D eigenvalue weighted by Gasteiger charge is -2.25. The van der Waals surface area contributed by atoms with Gasteiger partial charge in [-0.3, -0.25) is 19.9 Å². The molecule has 10 nitrogen and oxygen atoms in total. The van der Waals surface area contributed by atoms with Gasteiger partial charge in [0.05, 0.1) is 35.4 Å². The summed E-state index contributed by atoms with van der Waals surface area (Å²) in [6, 6.07) is 20.5. The first-order valence-corrected chi connectivity index (χ1v) is 13.0. The molecule has 0 radical (unpaired) electrons. The van der Waals surface area contributed by atoms with E-state index in [2.05, 4.69) is 15.6 Å². The molecule has 1 saturated heterocycles. The monoisotopic (exact) mass is 557 g/mol. The van der Waals surface area contributed by atoms with E-state index < -0.39 is 11.0 Å². The van der Waals surface area contributed by atoms with Crippen molar-refractivity contribution >= 4 is 34.6 Å². The minimum atomic E-state index is -0.477. The van der Waals surface area contributed by atoms with Crippen molar-refractivity contribution in [3.05, 3.63) is 106 Å². The van der Waals surface area contributed by atoms with Crippen LogP contribution in [-0.2, 0) is 4.79 Å². The van der Waals surface area contributed by atoms with E-state index in [0.717, 1.165) is 16.9 Å². The van der Waals surface area contributed by atoms with Crippen LogP contribution in [-0.4, -0.2) is 39.5 Å². The molecule has 0 saturated carbocycles. The molecule has 40 heavy (non-hydrogen) atoms. The van der Waals surface area contributed by atoms with Gasteiger partial charge in [0.1, 0.15) is 23.3 Å². The largest absolute Gasteiger partial charge is 0.496 e. The summed E-state index contributed by atoms with van der Waals surface area (Å²) in [6.45, 7) is 2.31.